The fraction of sp³-hybridized carbons (Fsp3) is 0.267. The Hall–Kier alpha value is -4.70. The van der Waals surface area contributed by atoms with Gasteiger partial charge in [0.2, 0.25) is 11.8 Å². The number of amides is 2. The summed E-state index contributed by atoms with van der Waals surface area (Å²) < 4.78 is 1.62. The van der Waals surface area contributed by atoms with Crippen LogP contribution in [0.3, 0.4) is 0 Å². The number of anilines is 1. The van der Waals surface area contributed by atoms with Gasteiger partial charge in [0.05, 0.1) is 39.0 Å². The maximum atomic E-state index is 14.6. The quantitative estimate of drug-likeness (QED) is 0.220. The second-order valence-corrected chi connectivity index (χ2v) is 11.0. The van der Waals surface area contributed by atoms with Gasteiger partial charge in [-0.3, -0.25) is 34.0 Å². The summed E-state index contributed by atoms with van der Waals surface area (Å²) in [6.45, 7) is 2.39. The smallest absolute Gasteiger partial charge is 0.271 e. The van der Waals surface area contributed by atoms with Crippen molar-refractivity contribution >= 4 is 34.1 Å². The van der Waals surface area contributed by atoms with E-state index < -0.39 is 28.2 Å². The number of hydrogen-bond donors (Lipinski definition) is 0. The lowest BCUT2D eigenvalue weighted by molar-refractivity contribution is -0.384. The third kappa shape index (κ3) is 2.57. The fourth-order valence-corrected chi connectivity index (χ4v) is 7.80. The van der Waals surface area contributed by atoms with Gasteiger partial charge in [0.1, 0.15) is 11.4 Å². The molecule has 10 nitrogen and oxygen atoms in total. The Morgan fingerprint density at radius 3 is 2.58 bits per heavy atom. The van der Waals surface area contributed by atoms with Crippen LogP contribution in [0.15, 0.2) is 71.5 Å². The average Bonchev–Trinajstić information content (AvgIpc) is 3.67. The Balaban J connectivity index is 1.43. The van der Waals surface area contributed by atoms with Gasteiger partial charge >= 0.3 is 0 Å². The maximum Gasteiger partial charge on any atom is 0.271 e. The maximum absolute atomic E-state index is 14.6. The van der Waals surface area contributed by atoms with Crippen LogP contribution in [0.4, 0.5) is 11.4 Å². The molecule has 4 unspecified atom stereocenters. The predicted molar refractivity (Wildman–Crippen MR) is 145 cm³/mol. The number of fused-ring (bicyclic) bond motifs is 11. The molecular formula is C30H23N5O5. The molecule has 0 bridgehead atoms. The standard InChI is InChI=1S/C30H23N5O5/c1-16-12-13-17(35(39)40)15-23(16)33-27(37)24-22-11-6-14-32(22)30(25(24)28(33)38)19-8-3-5-10-21(19)34-26(36)18-7-2-4-9-20(18)31-29(30)34/h2-5,7-10,12-13,15,22,24-25H,6,11,14H2,1H3. The van der Waals surface area contributed by atoms with Crippen molar-refractivity contribution in [3.05, 3.63) is 104 Å². The molecule has 2 amide bonds. The largest absolute Gasteiger partial charge is 0.283 e. The number of para-hydroxylation sites is 2. The van der Waals surface area contributed by atoms with E-state index in [4.69, 9.17) is 4.98 Å². The molecule has 1 spiro atoms. The third-order valence-corrected chi connectivity index (χ3v) is 9.28. The lowest BCUT2D eigenvalue weighted by Gasteiger charge is -2.38. The van der Waals surface area contributed by atoms with E-state index in [1.165, 1.54) is 12.1 Å². The van der Waals surface area contributed by atoms with E-state index >= 15 is 0 Å². The molecule has 3 fully saturated rings. The molecule has 4 aliphatic heterocycles. The molecule has 0 aliphatic carbocycles. The first-order valence-electron chi connectivity index (χ1n) is 13.4. The second kappa shape index (κ2) is 7.70. The molecule has 198 valence electrons. The molecule has 4 atom stereocenters. The Morgan fingerprint density at radius 1 is 0.975 bits per heavy atom. The Labute approximate surface area is 227 Å². The van der Waals surface area contributed by atoms with Crippen molar-refractivity contribution in [1.82, 2.24) is 14.5 Å². The number of carbonyl (C=O) groups excluding carboxylic acids is 2. The normalized spacial score (nSPS) is 26.4. The Morgan fingerprint density at radius 2 is 1.75 bits per heavy atom. The number of benzene rings is 3. The van der Waals surface area contributed by atoms with E-state index in [0.717, 1.165) is 23.3 Å². The number of nitro benzene ring substituents is 1. The van der Waals surface area contributed by atoms with Gasteiger partial charge in [0.25, 0.3) is 11.2 Å². The summed E-state index contributed by atoms with van der Waals surface area (Å²) in [5.74, 6) is -1.83. The van der Waals surface area contributed by atoms with Crippen LogP contribution in [0.5, 0.6) is 0 Å². The van der Waals surface area contributed by atoms with Gasteiger partial charge in [-0.2, -0.15) is 0 Å². The lowest BCUT2D eigenvalue weighted by atomic mass is 9.75. The van der Waals surface area contributed by atoms with Crippen molar-refractivity contribution < 1.29 is 14.5 Å². The monoisotopic (exact) mass is 533 g/mol. The number of carbonyl (C=O) groups is 2. The first-order chi connectivity index (χ1) is 19.4. The van der Waals surface area contributed by atoms with E-state index in [-0.39, 0.29) is 28.9 Å². The van der Waals surface area contributed by atoms with Crippen LogP contribution in [0, 0.1) is 28.9 Å². The Bertz CT molecular complexity index is 1900. The number of aromatic nitrogens is 2. The molecule has 40 heavy (non-hydrogen) atoms. The molecule has 8 rings (SSSR count). The molecule has 4 aromatic rings. The van der Waals surface area contributed by atoms with Crippen molar-refractivity contribution in [2.75, 3.05) is 11.4 Å². The van der Waals surface area contributed by atoms with Crippen molar-refractivity contribution in [1.29, 1.82) is 0 Å². The van der Waals surface area contributed by atoms with Gasteiger partial charge in [-0.15, -0.1) is 0 Å². The molecular weight excluding hydrogens is 510 g/mol. The van der Waals surface area contributed by atoms with Gasteiger partial charge in [-0.25, -0.2) is 9.88 Å². The number of nitro groups is 1. The first kappa shape index (κ1) is 23.2. The minimum absolute atomic E-state index is 0.188. The molecule has 3 aromatic carbocycles. The van der Waals surface area contributed by atoms with Gasteiger partial charge in [-0.05, 0) is 50.1 Å². The highest BCUT2D eigenvalue weighted by molar-refractivity contribution is 6.23. The number of non-ortho nitro benzene ring substituents is 1. The molecule has 0 N–H and O–H groups in total. The minimum Gasteiger partial charge on any atom is -0.283 e. The highest BCUT2D eigenvalue weighted by atomic mass is 16.6. The van der Waals surface area contributed by atoms with Crippen LogP contribution < -0.4 is 10.5 Å². The highest BCUT2D eigenvalue weighted by Gasteiger charge is 2.73. The Kier molecular flexibility index (Phi) is 4.47. The summed E-state index contributed by atoms with van der Waals surface area (Å²) in [4.78, 5) is 62.3. The number of nitrogens with zero attached hydrogens (tertiary/aromatic N) is 5. The summed E-state index contributed by atoms with van der Waals surface area (Å²) in [6, 6.07) is 18.7. The topological polar surface area (TPSA) is 119 Å². The lowest BCUT2D eigenvalue weighted by Crippen LogP contribution is -2.51. The van der Waals surface area contributed by atoms with Crippen molar-refractivity contribution in [2.24, 2.45) is 11.8 Å². The summed E-state index contributed by atoms with van der Waals surface area (Å²) in [7, 11) is 0. The molecule has 0 radical (unpaired) electrons. The number of imide groups is 1. The van der Waals surface area contributed by atoms with Crippen molar-refractivity contribution in [2.45, 2.75) is 31.3 Å². The van der Waals surface area contributed by atoms with Crippen LogP contribution in [0.1, 0.15) is 29.8 Å². The second-order valence-electron chi connectivity index (χ2n) is 11.0. The number of aryl methyl sites for hydroxylation is 1. The molecule has 5 heterocycles. The zero-order valence-corrected chi connectivity index (χ0v) is 21.5. The van der Waals surface area contributed by atoms with Crippen LogP contribution in [0.2, 0.25) is 0 Å². The summed E-state index contributed by atoms with van der Waals surface area (Å²) >= 11 is 0. The molecule has 4 aliphatic rings. The number of hydrogen-bond acceptors (Lipinski definition) is 7. The summed E-state index contributed by atoms with van der Waals surface area (Å²) in [6.07, 6.45) is 1.57. The van der Waals surface area contributed by atoms with E-state index in [9.17, 15) is 24.5 Å². The zero-order valence-electron chi connectivity index (χ0n) is 21.5. The molecule has 1 aromatic heterocycles. The molecule has 3 saturated heterocycles. The van der Waals surface area contributed by atoms with Crippen molar-refractivity contribution in [3.63, 3.8) is 0 Å². The summed E-state index contributed by atoms with van der Waals surface area (Å²) in [5.41, 5.74) is 1.28. The SMILES string of the molecule is Cc1ccc([N+](=O)[O-])cc1N1C(=O)C2C3CCCN3C3(c4ccccc4-n4c3nc3ccccc3c4=O)C2C1=O. The predicted octanol–water partition coefficient (Wildman–Crippen LogP) is 3.44. The van der Waals surface area contributed by atoms with Gasteiger partial charge in [-0.1, -0.05) is 36.4 Å². The van der Waals surface area contributed by atoms with Gasteiger partial charge < -0.3 is 0 Å². The number of rotatable bonds is 2. The van der Waals surface area contributed by atoms with Crippen LogP contribution in [-0.4, -0.2) is 43.8 Å². The molecule has 0 saturated carbocycles. The van der Waals surface area contributed by atoms with Gasteiger partial charge in [0, 0.05) is 23.7 Å². The van der Waals surface area contributed by atoms with E-state index in [1.807, 2.05) is 30.3 Å². The van der Waals surface area contributed by atoms with Gasteiger partial charge in [0.15, 0.2) is 0 Å². The summed E-state index contributed by atoms with van der Waals surface area (Å²) in [5, 5.41) is 12.1. The average molecular weight is 534 g/mol. The van der Waals surface area contributed by atoms with Crippen LogP contribution in [-0.2, 0) is 15.1 Å². The van der Waals surface area contributed by atoms with E-state index in [2.05, 4.69) is 4.90 Å². The highest BCUT2D eigenvalue weighted by Crippen LogP contribution is 2.62. The van der Waals surface area contributed by atoms with E-state index in [0.29, 0.717) is 34.5 Å². The van der Waals surface area contributed by atoms with E-state index in [1.54, 1.807) is 35.8 Å². The van der Waals surface area contributed by atoms with Crippen LogP contribution in [0.25, 0.3) is 16.6 Å². The minimum atomic E-state index is -1.12. The first-order valence-corrected chi connectivity index (χ1v) is 13.4. The van der Waals surface area contributed by atoms with Crippen LogP contribution >= 0.6 is 0 Å². The zero-order chi connectivity index (χ0) is 27.5. The fourth-order valence-electron chi connectivity index (χ4n) is 7.80. The van der Waals surface area contributed by atoms with Crippen molar-refractivity contribution in [3.8, 4) is 5.69 Å². The molecule has 10 heteroatoms. The third-order valence-electron chi connectivity index (χ3n) is 9.28.